The van der Waals surface area contributed by atoms with Crippen molar-refractivity contribution in [1.29, 1.82) is 0 Å². The summed E-state index contributed by atoms with van der Waals surface area (Å²) in [5.41, 5.74) is 0.864. The van der Waals surface area contributed by atoms with Gasteiger partial charge in [0.15, 0.2) is 11.6 Å². The molecule has 1 aliphatic heterocycles. The van der Waals surface area contributed by atoms with Gasteiger partial charge >= 0.3 is 0 Å². The van der Waals surface area contributed by atoms with E-state index in [0.29, 0.717) is 23.7 Å². The molecule has 3 rings (SSSR count). The zero-order chi connectivity index (χ0) is 17.5. The molecule has 0 amide bonds. The van der Waals surface area contributed by atoms with E-state index in [9.17, 15) is 22.3 Å². The molecule has 128 valence electrons. The number of phenolic OH excluding ortho intramolecular Hbond substituents is 1. The maximum absolute atomic E-state index is 13.8. The van der Waals surface area contributed by atoms with Crippen molar-refractivity contribution in [3.8, 4) is 17.2 Å². The molecule has 1 N–H and O–H groups in total. The minimum Gasteiger partial charge on any atom is -0.508 e. The lowest BCUT2D eigenvalue weighted by molar-refractivity contribution is 0.426. The minimum absolute atomic E-state index is 0.0785. The average Bonchev–Trinajstić information content (AvgIpc) is 2.94. The van der Waals surface area contributed by atoms with Gasteiger partial charge in [-0.1, -0.05) is 0 Å². The van der Waals surface area contributed by atoms with Gasteiger partial charge < -0.3 is 9.84 Å². The Morgan fingerprint density at radius 3 is 2.62 bits per heavy atom. The van der Waals surface area contributed by atoms with Crippen molar-refractivity contribution >= 4 is 15.7 Å². The van der Waals surface area contributed by atoms with Crippen molar-refractivity contribution in [2.45, 2.75) is 13.3 Å². The van der Waals surface area contributed by atoms with Crippen molar-refractivity contribution in [1.82, 2.24) is 0 Å². The number of halogens is 2. The summed E-state index contributed by atoms with van der Waals surface area (Å²) >= 11 is 0. The molecule has 0 unspecified atom stereocenters. The normalized spacial score (nSPS) is 13.9. The Hall–Kier alpha value is -2.35. The first-order chi connectivity index (χ1) is 11.3. The molecule has 0 aromatic heterocycles. The maximum Gasteiger partial charge on any atom is 0.234 e. The predicted molar refractivity (Wildman–Crippen MR) is 85.0 cm³/mol. The average molecular weight is 355 g/mol. The summed E-state index contributed by atoms with van der Waals surface area (Å²) in [6, 6.07) is 5.49. The number of ether oxygens (including phenoxy) is 1. The molecule has 0 fully saturated rings. The first-order valence-electron chi connectivity index (χ1n) is 7.31. The molecule has 0 aliphatic carbocycles. The fourth-order valence-electron chi connectivity index (χ4n) is 2.64. The van der Waals surface area contributed by atoms with E-state index in [2.05, 4.69) is 0 Å². The van der Waals surface area contributed by atoms with Gasteiger partial charge in [-0.2, -0.15) is 0 Å². The van der Waals surface area contributed by atoms with Crippen LogP contribution in [0, 0.1) is 11.6 Å². The number of phenols is 1. The lowest BCUT2D eigenvalue weighted by Gasteiger charge is -2.19. The van der Waals surface area contributed by atoms with Gasteiger partial charge in [0.1, 0.15) is 17.3 Å². The monoisotopic (exact) mass is 355 g/mol. The summed E-state index contributed by atoms with van der Waals surface area (Å²) in [6.07, 6.45) is 0.368. The van der Waals surface area contributed by atoms with Gasteiger partial charge in [0.25, 0.3) is 0 Å². The standard InChI is InChI=1S/C16H15F2NO4S/c1-2-24(21,22)19-6-5-12-14(19)8-11(20)9-16(12)23-15-4-3-10(17)7-13(15)18/h3-4,7-9,20H,2,5-6H2,1H3. The minimum atomic E-state index is -3.49. The van der Waals surface area contributed by atoms with Crippen LogP contribution < -0.4 is 9.04 Å². The van der Waals surface area contributed by atoms with E-state index >= 15 is 0 Å². The lowest BCUT2D eigenvalue weighted by Crippen LogP contribution is -2.30. The van der Waals surface area contributed by atoms with Crippen LogP contribution in [-0.4, -0.2) is 25.8 Å². The summed E-state index contributed by atoms with van der Waals surface area (Å²) in [4.78, 5) is 0. The number of hydrogen-bond acceptors (Lipinski definition) is 4. The van der Waals surface area contributed by atoms with Gasteiger partial charge in [0.2, 0.25) is 10.0 Å². The Labute approximate surface area is 138 Å². The van der Waals surface area contributed by atoms with Crippen molar-refractivity contribution in [3.63, 3.8) is 0 Å². The zero-order valence-corrected chi connectivity index (χ0v) is 13.6. The second-order valence-corrected chi connectivity index (χ2v) is 7.52. The van der Waals surface area contributed by atoms with E-state index in [1.165, 1.54) is 23.4 Å². The molecule has 0 saturated carbocycles. The number of rotatable bonds is 4. The Morgan fingerprint density at radius 1 is 1.21 bits per heavy atom. The molecule has 0 spiro atoms. The van der Waals surface area contributed by atoms with Crippen LogP contribution in [-0.2, 0) is 16.4 Å². The Balaban J connectivity index is 2.04. The zero-order valence-electron chi connectivity index (χ0n) is 12.8. The highest BCUT2D eigenvalue weighted by Gasteiger charge is 2.31. The van der Waals surface area contributed by atoms with Crippen LogP contribution in [0.15, 0.2) is 30.3 Å². The van der Waals surface area contributed by atoms with Crippen LogP contribution >= 0.6 is 0 Å². The van der Waals surface area contributed by atoms with Crippen LogP contribution in [0.4, 0.5) is 14.5 Å². The third kappa shape index (κ3) is 2.89. The van der Waals surface area contributed by atoms with Crippen LogP contribution in [0.5, 0.6) is 17.2 Å². The van der Waals surface area contributed by atoms with Gasteiger partial charge in [-0.25, -0.2) is 17.2 Å². The Kier molecular flexibility index (Phi) is 4.08. The summed E-state index contributed by atoms with van der Waals surface area (Å²) < 4.78 is 57.7. The summed E-state index contributed by atoms with van der Waals surface area (Å²) in [6.45, 7) is 1.75. The van der Waals surface area contributed by atoms with Crippen molar-refractivity contribution < 1.29 is 27.0 Å². The lowest BCUT2D eigenvalue weighted by atomic mass is 10.1. The largest absolute Gasteiger partial charge is 0.508 e. The van der Waals surface area contributed by atoms with E-state index in [1.807, 2.05) is 0 Å². The number of fused-ring (bicyclic) bond motifs is 1. The second kappa shape index (κ2) is 5.94. The molecular formula is C16H15F2NO4S. The quantitative estimate of drug-likeness (QED) is 0.915. The fourth-order valence-corrected chi connectivity index (χ4v) is 3.78. The molecule has 1 aliphatic rings. The molecule has 2 aromatic carbocycles. The molecule has 0 radical (unpaired) electrons. The number of benzene rings is 2. The van der Waals surface area contributed by atoms with E-state index in [-0.39, 0.29) is 29.5 Å². The molecule has 0 saturated heterocycles. The van der Waals surface area contributed by atoms with Crippen LogP contribution in [0.25, 0.3) is 0 Å². The molecule has 24 heavy (non-hydrogen) atoms. The highest BCUT2D eigenvalue weighted by molar-refractivity contribution is 7.92. The number of aromatic hydroxyl groups is 1. The Bertz CT molecular complexity index is 899. The van der Waals surface area contributed by atoms with E-state index in [1.54, 1.807) is 0 Å². The molecule has 0 atom stereocenters. The predicted octanol–water partition coefficient (Wildman–Crippen LogP) is 3.17. The SMILES string of the molecule is CCS(=O)(=O)N1CCc2c(Oc3ccc(F)cc3F)cc(O)cc21. The maximum atomic E-state index is 13.8. The molecule has 8 heteroatoms. The second-order valence-electron chi connectivity index (χ2n) is 5.34. The molecule has 1 heterocycles. The van der Waals surface area contributed by atoms with Gasteiger partial charge in [-0.05, 0) is 25.5 Å². The summed E-state index contributed by atoms with van der Waals surface area (Å²) in [5, 5.41) is 9.87. The van der Waals surface area contributed by atoms with Crippen LogP contribution in [0.3, 0.4) is 0 Å². The fraction of sp³-hybridized carbons (Fsp3) is 0.250. The van der Waals surface area contributed by atoms with Crippen molar-refractivity contribution in [2.24, 2.45) is 0 Å². The Morgan fingerprint density at radius 2 is 1.96 bits per heavy atom. The topological polar surface area (TPSA) is 66.8 Å². The van der Waals surface area contributed by atoms with Crippen LogP contribution in [0.2, 0.25) is 0 Å². The first-order valence-corrected chi connectivity index (χ1v) is 8.92. The molecular weight excluding hydrogens is 340 g/mol. The van der Waals surface area contributed by atoms with E-state index in [0.717, 1.165) is 12.1 Å². The van der Waals surface area contributed by atoms with Gasteiger partial charge in [-0.15, -0.1) is 0 Å². The molecule has 5 nitrogen and oxygen atoms in total. The smallest absolute Gasteiger partial charge is 0.234 e. The third-order valence-corrected chi connectivity index (χ3v) is 5.60. The van der Waals surface area contributed by atoms with E-state index in [4.69, 9.17) is 4.74 Å². The number of hydrogen-bond donors (Lipinski definition) is 1. The van der Waals surface area contributed by atoms with Crippen molar-refractivity contribution in [3.05, 3.63) is 47.5 Å². The van der Waals surface area contributed by atoms with Crippen molar-refractivity contribution in [2.75, 3.05) is 16.6 Å². The number of nitrogens with zero attached hydrogens (tertiary/aromatic N) is 1. The number of anilines is 1. The highest BCUT2D eigenvalue weighted by atomic mass is 32.2. The van der Waals surface area contributed by atoms with Gasteiger partial charge in [0.05, 0.1) is 11.4 Å². The third-order valence-electron chi connectivity index (χ3n) is 3.82. The van der Waals surface area contributed by atoms with E-state index < -0.39 is 21.7 Å². The number of sulfonamides is 1. The van der Waals surface area contributed by atoms with Gasteiger partial charge in [-0.3, -0.25) is 4.31 Å². The molecule has 2 aromatic rings. The first kappa shape index (κ1) is 16.5. The summed E-state index contributed by atoms with van der Waals surface area (Å²) in [7, 11) is -3.49. The van der Waals surface area contributed by atoms with Crippen LogP contribution in [0.1, 0.15) is 12.5 Å². The molecule has 0 bridgehead atoms. The van der Waals surface area contributed by atoms with Gasteiger partial charge in [0, 0.05) is 30.3 Å². The highest BCUT2D eigenvalue weighted by Crippen LogP contribution is 2.42. The summed E-state index contributed by atoms with van der Waals surface area (Å²) in [5.74, 6) is -1.97.